The summed E-state index contributed by atoms with van der Waals surface area (Å²) in [5.41, 5.74) is 1.78. The topological polar surface area (TPSA) is 67.8 Å². The highest BCUT2D eigenvalue weighted by Gasteiger charge is 2.37. The van der Waals surface area contributed by atoms with Crippen LogP contribution in [0.2, 0.25) is 0 Å². The van der Waals surface area contributed by atoms with Crippen LogP contribution in [-0.4, -0.2) is 23.7 Å². The Balaban J connectivity index is 1.71. The lowest BCUT2D eigenvalue weighted by Crippen LogP contribution is -2.44. The van der Waals surface area contributed by atoms with E-state index in [9.17, 15) is 9.90 Å². The first-order valence-corrected chi connectivity index (χ1v) is 10.3. The average Bonchev–Trinajstić information content (AvgIpc) is 2.77. The number of phenolic OH excluding ortho intramolecular Hbond substituents is 1. The van der Waals surface area contributed by atoms with E-state index in [2.05, 4.69) is 5.32 Å². The van der Waals surface area contributed by atoms with Gasteiger partial charge in [-0.05, 0) is 23.3 Å². The zero-order valence-electron chi connectivity index (χ0n) is 18.0. The van der Waals surface area contributed by atoms with Crippen LogP contribution in [0.3, 0.4) is 0 Å². The number of anilines is 1. The molecular weight excluding hydrogens is 390 g/mol. The van der Waals surface area contributed by atoms with Gasteiger partial charge in [-0.2, -0.15) is 0 Å². The standard InChI is InChI=1S/C26H29NO4/c1-26(2,19-30-17-20-11-5-3-6-12-20)24(31-18-21-13-7-4-8-14-21)25(29)27-22-15-9-10-16-23(22)28/h3-16,24,28H,17-19H2,1-2H3,(H,27,29). The highest BCUT2D eigenvalue weighted by atomic mass is 16.5. The van der Waals surface area contributed by atoms with Crippen LogP contribution in [0.4, 0.5) is 5.69 Å². The normalized spacial score (nSPS) is 12.3. The molecule has 1 unspecified atom stereocenters. The first kappa shape index (κ1) is 22.5. The predicted molar refractivity (Wildman–Crippen MR) is 122 cm³/mol. The van der Waals surface area contributed by atoms with E-state index in [1.165, 1.54) is 6.07 Å². The van der Waals surface area contributed by atoms with Crippen molar-refractivity contribution in [2.45, 2.75) is 33.2 Å². The van der Waals surface area contributed by atoms with Crippen LogP contribution in [0.25, 0.3) is 0 Å². The summed E-state index contributed by atoms with van der Waals surface area (Å²) < 4.78 is 12.0. The summed E-state index contributed by atoms with van der Waals surface area (Å²) in [6, 6.07) is 26.3. The molecule has 2 N–H and O–H groups in total. The molecule has 0 aromatic heterocycles. The molecule has 0 aliphatic heterocycles. The molecule has 0 saturated heterocycles. The minimum absolute atomic E-state index is 0.00999. The van der Waals surface area contributed by atoms with Crippen molar-refractivity contribution >= 4 is 11.6 Å². The Morgan fingerprint density at radius 1 is 0.871 bits per heavy atom. The average molecular weight is 420 g/mol. The molecule has 0 radical (unpaired) electrons. The number of carbonyl (C=O) groups excluding carboxylic acids is 1. The highest BCUT2D eigenvalue weighted by molar-refractivity contribution is 5.95. The Morgan fingerprint density at radius 3 is 2.03 bits per heavy atom. The van der Waals surface area contributed by atoms with Gasteiger partial charge in [-0.1, -0.05) is 86.6 Å². The molecule has 0 aliphatic rings. The van der Waals surface area contributed by atoms with Gasteiger partial charge in [-0.15, -0.1) is 0 Å². The summed E-state index contributed by atoms with van der Waals surface area (Å²) in [7, 11) is 0. The highest BCUT2D eigenvalue weighted by Crippen LogP contribution is 2.29. The molecule has 0 bridgehead atoms. The number of amides is 1. The molecular formula is C26H29NO4. The molecule has 3 aromatic carbocycles. The quantitative estimate of drug-likeness (QED) is 0.446. The summed E-state index contributed by atoms with van der Waals surface area (Å²) in [6.07, 6.45) is -0.789. The monoisotopic (exact) mass is 419 g/mol. The molecule has 1 amide bonds. The van der Waals surface area contributed by atoms with Crippen LogP contribution in [0.5, 0.6) is 5.75 Å². The number of carbonyl (C=O) groups is 1. The van der Waals surface area contributed by atoms with E-state index in [4.69, 9.17) is 9.47 Å². The molecule has 5 heteroatoms. The van der Waals surface area contributed by atoms with E-state index in [0.717, 1.165) is 11.1 Å². The number of para-hydroxylation sites is 2. The lowest BCUT2D eigenvalue weighted by atomic mass is 9.86. The summed E-state index contributed by atoms with van der Waals surface area (Å²) in [4.78, 5) is 13.2. The number of phenols is 1. The van der Waals surface area contributed by atoms with Crippen LogP contribution in [0.1, 0.15) is 25.0 Å². The minimum atomic E-state index is -0.789. The van der Waals surface area contributed by atoms with Gasteiger partial charge in [0.25, 0.3) is 5.91 Å². The molecule has 1 atom stereocenters. The summed E-state index contributed by atoms with van der Waals surface area (Å²) in [6.45, 7) is 4.96. The Bertz CT molecular complexity index is 957. The van der Waals surface area contributed by atoms with Crippen molar-refractivity contribution < 1.29 is 19.4 Å². The minimum Gasteiger partial charge on any atom is -0.506 e. The third-order valence-electron chi connectivity index (χ3n) is 4.95. The lowest BCUT2D eigenvalue weighted by Gasteiger charge is -2.33. The largest absolute Gasteiger partial charge is 0.506 e. The zero-order valence-corrected chi connectivity index (χ0v) is 18.0. The van der Waals surface area contributed by atoms with E-state index < -0.39 is 11.5 Å². The van der Waals surface area contributed by atoms with Gasteiger partial charge in [0.15, 0.2) is 0 Å². The Hall–Kier alpha value is -3.15. The maximum absolute atomic E-state index is 13.2. The van der Waals surface area contributed by atoms with Crippen LogP contribution in [0, 0.1) is 5.41 Å². The van der Waals surface area contributed by atoms with E-state index in [0.29, 0.717) is 25.5 Å². The summed E-state index contributed by atoms with van der Waals surface area (Å²) >= 11 is 0. The first-order chi connectivity index (χ1) is 15.0. The second kappa shape index (κ2) is 10.8. The van der Waals surface area contributed by atoms with Gasteiger partial charge in [0.2, 0.25) is 0 Å². The SMILES string of the molecule is CC(C)(COCc1ccccc1)C(OCc1ccccc1)C(=O)Nc1ccccc1O. The van der Waals surface area contributed by atoms with E-state index in [1.807, 2.05) is 74.5 Å². The second-order valence-corrected chi connectivity index (χ2v) is 8.15. The molecule has 0 heterocycles. The van der Waals surface area contributed by atoms with Crippen LogP contribution in [-0.2, 0) is 27.5 Å². The first-order valence-electron chi connectivity index (χ1n) is 10.3. The van der Waals surface area contributed by atoms with Gasteiger partial charge in [-0.3, -0.25) is 4.79 Å². The van der Waals surface area contributed by atoms with Crippen molar-refractivity contribution in [2.24, 2.45) is 5.41 Å². The maximum atomic E-state index is 13.2. The van der Waals surface area contributed by atoms with Gasteiger partial charge in [0, 0.05) is 5.41 Å². The van der Waals surface area contributed by atoms with E-state index in [-0.39, 0.29) is 11.7 Å². The molecule has 3 rings (SSSR count). The number of hydrogen-bond donors (Lipinski definition) is 2. The third-order valence-corrected chi connectivity index (χ3v) is 4.95. The van der Waals surface area contributed by atoms with Crippen molar-refractivity contribution in [2.75, 3.05) is 11.9 Å². The van der Waals surface area contributed by atoms with Crippen molar-refractivity contribution in [3.63, 3.8) is 0 Å². The number of ether oxygens (including phenoxy) is 2. The fourth-order valence-corrected chi connectivity index (χ4v) is 3.27. The smallest absolute Gasteiger partial charge is 0.254 e. The Kier molecular flexibility index (Phi) is 7.82. The molecule has 162 valence electrons. The molecule has 5 nitrogen and oxygen atoms in total. The maximum Gasteiger partial charge on any atom is 0.254 e. The molecule has 0 saturated carbocycles. The fourth-order valence-electron chi connectivity index (χ4n) is 3.27. The number of nitrogens with one attached hydrogen (secondary N) is 1. The Morgan fingerprint density at radius 2 is 1.42 bits per heavy atom. The Labute approximate surface area is 183 Å². The summed E-state index contributed by atoms with van der Waals surface area (Å²) in [5, 5.41) is 12.8. The predicted octanol–water partition coefficient (Wildman–Crippen LogP) is 5.16. The summed E-state index contributed by atoms with van der Waals surface area (Å²) in [5.74, 6) is -0.318. The third kappa shape index (κ3) is 6.67. The lowest BCUT2D eigenvalue weighted by molar-refractivity contribution is -0.141. The molecule has 0 aliphatic carbocycles. The molecule has 0 fully saturated rings. The zero-order chi connectivity index (χ0) is 22.1. The van der Waals surface area contributed by atoms with Crippen molar-refractivity contribution in [3.05, 3.63) is 96.1 Å². The van der Waals surface area contributed by atoms with Crippen LogP contribution >= 0.6 is 0 Å². The van der Waals surface area contributed by atoms with Gasteiger partial charge in [-0.25, -0.2) is 0 Å². The van der Waals surface area contributed by atoms with Crippen LogP contribution < -0.4 is 5.32 Å². The van der Waals surface area contributed by atoms with Gasteiger partial charge in [0.1, 0.15) is 11.9 Å². The number of rotatable bonds is 10. The van der Waals surface area contributed by atoms with Gasteiger partial charge < -0.3 is 19.9 Å². The van der Waals surface area contributed by atoms with Gasteiger partial charge >= 0.3 is 0 Å². The number of aromatic hydroxyl groups is 1. The molecule has 3 aromatic rings. The van der Waals surface area contributed by atoms with Crippen molar-refractivity contribution in [1.29, 1.82) is 0 Å². The second-order valence-electron chi connectivity index (χ2n) is 8.15. The number of hydrogen-bond acceptors (Lipinski definition) is 4. The van der Waals surface area contributed by atoms with E-state index in [1.54, 1.807) is 18.2 Å². The molecule has 0 spiro atoms. The fraction of sp³-hybridized carbons (Fsp3) is 0.269. The van der Waals surface area contributed by atoms with Crippen molar-refractivity contribution in [3.8, 4) is 5.75 Å². The van der Waals surface area contributed by atoms with Crippen LogP contribution in [0.15, 0.2) is 84.9 Å². The van der Waals surface area contributed by atoms with Crippen molar-refractivity contribution in [1.82, 2.24) is 0 Å². The molecule has 31 heavy (non-hydrogen) atoms. The number of benzene rings is 3. The van der Waals surface area contributed by atoms with E-state index >= 15 is 0 Å². The van der Waals surface area contributed by atoms with Gasteiger partial charge in [0.05, 0.1) is 25.5 Å².